The second-order valence-electron chi connectivity index (χ2n) is 2.86. The average molecular weight is 208 g/mol. The molecule has 0 saturated carbocycles. The van der Waals surface area contributed by atoms with Crippen LogP contribution in [0.25, 0.3) is 0 Å². The Labute approximate surface area is 86.3 Å². The molecule has 1 heterocycles. The first-order chi connectivity index (χ1) is 6.70. The lowest BCUT2D eigenvalue weighted by molar-refractivity contribution is -0.116. The van der Waals surface area contributed by atoms with Gasteiger partial charge in [-0.15, -0.1) is 12.6 Å². The van der Waals surface area contributed by atoms with Crippen LogP contribution in [0.4, 0.5) is 10.5 Å². The van der Waals surface area contributed by atoms with Crippen LogP contribution in [0.15, 0.2) is 30.3 Å². The van der Waals surface area contributed by atoms with Crippen LogP contribution >= 0.6 is 12.6 Å². The van der Waals surface area contributed by atoms with Crippen LogP contribution in [0.5, 0.6) is 0 Å². The molecule has 4 nitrogen and oxygen atoms in total. The maximum absolute atomic E-state index is 11.5. The van der Waals surface area contributed by atoms with Gasteiger partial charge in [-0.25, -0.2) is 9.69 Å². The maximum atomic E-state index is 11.5. The van der Waals surface area contributed by atoms with Crippen molar-refractivity contribution < 1.29 is 9.59 Å². The van der Waals surface area contributed by atoms with Gasteiger partial charge in [0, 0.05) is 0 Å². The molecule has 1 fully saturated rings. The first kappa shape index (κ1) is 9.08. The molecule has 2 rings (SSSR count). The van der Waals surface area contributed by atoms with Crippen molar-refractivity contribution in [1.82, 2.24) is 5.32 Å². The Balaban J connectivity index is 2.36. The molecule has 1 aromatic rings. The largest absolute Gasteiger partial charge is 0.330 e. The summed E-state index contributed by atoms with van der Waals surface area (Å²) in [6, 6.07) is 8.32. The monoisotopic (exact) mass is 208 g/mol. The minimum Gasteiger partial charge on any atom is -0.317 e. The minimum absolute atomic E-state index is 0.343. The minimum atomic E-state index is -0.734. The van der Waals surface area contributed by atoms with E-state index in [9.17, 15) is 9.59 Å². The van der Waals surface area contributed by atoms with Gasteiger partial charge in [-0.1, -0.05) is 18.2 Å². The van der Waals surface area contributed by atoms with Crippen molar-refractivity contribution in [2.24, 2.45) is 0 Å². The third kappa shape index (κ3) is 1.35. The molecule has 0 aliphatic carbocycles. The molecule has 0 spiro atoms. The number of hydrogen-bond acceptors (Lipinski definition) is 3. The molecule has 1 aromatic carbocycles. The molecule has 1 N–H and O–H groups in total. The summed E-state index contributed by atoms with van der Waals surface area (Å²) < 4.78 is 0. The summed E-state index contributed by atoms with van der Waals surface area (Å²) in [5.41, 5.74) is 0.562. The average Bonchev–Trinajstić information content (AvgIpc) is 2.43. The normalized spacial score (nSPS) is 21.2. The summed E-state index contributed by atoms with van der Waals surface area (Å²) in [6.45, 7) is 0. The van der Waals surface area contributed by atoms with Gasteiger partial charge in [-0.2, -0.15) is 0 Å². The van der Waals surface area contributed by atoms with E-state index in [1.807, 2.05) is 6.07 Å². The fourth-order valence-electron chi connectivity index (χ4n) is 1.29. The fraction of sp³-hybridized carbons (Fsp3) is 0.111. The van der Waals surface area contributed by atoms with Crippen molar-refractivity contribution in [1.29, 1.82) is 0 Å². The van der Waals surface area contributed by atoms with Gasteiger partial charge in [0.15, 0.2) is 5.37 Å². The van der Waals surface area contributed by atoms with Gasteiger partial charge in [0.25, 0.3) is 5.91 Å². The zero-order chi connectivity index (χ0) is 10.1. The second-order valence-corrected chi connectivity index (χ2v) is 3.38. The Morgan fingerprint density at radius 1 is 1.21 bits per heavy atom. The van der Waals surface area contributed by atoms with E-state index >= 15 is 0 Å². The summed E-state index contributed by atoms with van der Waals surface area (Å²) >= 11 is 3.93. The fourth-order valence-corrected chi connectivity index (χ4v) is 1.51. The number of amides is 3. The van der Waals surface area contributed by atoms with Gasteiger partial charge in [0.05, 0.1) is 5.69 Å². The zero-order valence-electron chi connectivity index (χ0n) is 7.18. The number of rotatable bonds is 1. The molecule has 14 heavy (non-hydrogen) atoms. The molecule has 1 aliphatic rings. The molecule has 1 unspecified atom stereocenters. The van der Waals surface area contributed by atoms with Gasteiger partial charge in [0.2, 0.25) is 0 Å². The van der Waals surface area contributed by atoms with E-state index < -0.39 is 11.4 Å². The van der Waals surface area contributed by atoms with Gasteiger partial charge < -0.3 is 5.32 Å². The van der Waals surface area contributed by atoms with E-state index in [4.69, 9.17) is 0 Å². The van der Waals surface area contributed by atoms with Crippen LogP contribution in [0.3, 0.4) is 0 Å². The number of nitrogens with one attached hydrogen (secondary N) is 1. The molecule has 0 bridgehead atoms. The first-order valence-corrected chi connectivity index (χ1v) is 4.59. The molecule has 72 valence electrons. The number of thiol groups is 1. The van der Waals surface area contributed by atoms with Gasteiger partial charge in [-0.3, -0.25) is 4.79 Å². The van der Waals surface area contributed by atoms with Crippen LogP contribution in [-0.2, 0) is 4.79 Å². The topological polar surface area (TPSA) is 49.4 Å². The third-order valence-corrected chi connectivity index (χ3v) is 2.28. The SMILES string of the molecule is O=C1NC(S)C(=O)N1c1ccccc1. The molecule has 1 aliphatic heterocycles. The van der Waals surface area contributed by atoms with E-state index in [0.717, 1.165) is 4.90 Å². The summed E-state index contributed by atoms with van der Waals surface area (Å²) in [5.74, 6) is -0.343. The number of para-hydroxylation sites is 1. The number of benzene rings is 1. The number of anilines is 1. The Bertz CT molecular complexity index is 380. The van der Waals surface area contributed by atoms with E-state index in [2.05, 4.69) is 17.9 Å². The summed E-state index contributed by atoms with van der Waals surface area (Å²) in [4.78, 5) is 23.9. The Hall–Kier alpha value is -1.49. The predicted molar refractivity (Wildman–Crippen MR) is 55.2 cm³/mol. The Kier molecular flexibility index (Phi) is 2.17. The second kappa shape index (κ2) is 3.34. The highest BCUT2D eigenvalue weighted by Crippen LogP contribution is 2.19. The van der Waals surface area contributed by atoms with Crippen molar-refractivity contribution in [2.75, 3.05) is 4.90 Å². The third-order valence-electron chi connectivity index (χ3n) is 1.93. The van der Waals surface area contributed by atoms with Crippen molar-refractivity contribution in [3.05, 3.63) is 30.3 Å². The first-order valence-electron chi connectivity index (χ1n) is 4.08. The van der Waals surface area contributed by atoms with Crippen LogP contribution in [0.2, 0.25) is 0 Å². The van der Waals surface area contributed by atoms with Gasteiger partial charge in [-0.05, 0) is 12.1 Å². The number of carbonyl (C=O) groups is 2. The van der Waals surface area contributed by atoms with Crippen LogP contribution < -0.4 is 10.2 Å². The molecular formula is C9H8N2O2S. The summed E-state index contributed by atoms with van der Waals surface area (Å²) in [6.07, 6.45) is 0. The maximum Gasteiger partial charge on any atom is 0.330 e. The number of urea groups is 1. The standard InChI is InChI=1S/C9H8N2O2S/c12-8-7(14)10-9(13)11(8)6-4-2-1-3-5-6/h1-5,7,14H,(H,10,13). The summed E-state index contributed by atoms with van der Waals surface area (Å²) in [5, 5.41) is 1.68. The van der Waals surface area contributed by atoms with E-state index in [0.29, 0.717) is 5.69 Å². The van der Waals surface area contributed by atoms with E-state index in [1.54, 1.807) is 24.3 Å². The molecular weight excluding hydrogens is 200 g/mol. The van der Waals surface area contributed by atoms with Crippen LogP contribution in [-0.4, -0.2) is 17.3 Å². The Morgan fingerprint density at radius 2 is 1.86 bits per heavy atom. The number of nitrogens with zero attached hydrogens (tertiary/aromatic N) is 1. The zero-order valence-corrected chi connectivity index (χ0v) is 8.07. The highest BCUT2D eigenvalue weighted by molar-refractivity contribution is 7.81. The molecule has 1 atom stereocenters. The number of carbonyl (C=O) groups excluding carboxylic acids is 2. The highest BCUT2D eigenvalue weighted by atomic mass is 32.1. The summed E-state index contributed by atoms with van der Waals surface area (Å²) in [7, 11) is 0. The molecule has 5 heteroatoms. The van der Waals surface area contributed by atoms with Gasteiger partial charge >= 0.3 is 6.03 Å². The van der Waals surface area contributed by atoms with Crippen LogP contribution in [0, 0.1) is 0 Å². The number of hydrogen-bond donors (Lipinski definition) is 2. The molecule has 1 saturated heterocycles. The van der Waals surface area contributed by atoms with Gasteiger partial charge in [0.1, 0.15) is 0 Å². The van der Waals surface area contributed by atoms with Crippen LogP contribution in [0.1, 0.15) is 0 Å². The highest BCUT2D eigenvalue weighted by Gasteiger charge is 2.36. The molecule has 0 aromatic heterocycles. The quantitative estimate of drug-likeness (QED) is 0.534. The van der Waals surface area contributed by atoms with Crippen molar-refractivity contribution in [3.63, 3.8) is 0 Å². The molecule has 0 radical (unpaired) electrons. The van der Waals surface area contributed by atoms with Crippen molar-refractivity contribution in [2.45, 2.75) is 5.37 Å². The predicted octanol–water partition coefficient (Wildman–Crippen LogP) is 0.999. The Morgan fingerprint density at radius 3 is 2.36 bits per heavy atom. The number of imide groups is 1. The smallest absolute Gasteiger partial charge is 0.317 e. The lowest BCUT2D eigenvalue weighted by Crippen LogP contribution is -2.30. The lowest BCUT2D eigenvalue weighted by atomic mass is 10.3. The van der Waals surface area contributed by atoms with E-state index in [1.165, 1.54) is 0 Å². The molecule has 3 amide bonds. The van der Waals surface area contributed by atoms with Crippen molar-refractivity contribution >= 4 is 30.3 Å². The van der Waals surface area contributed by atoms with E-state index in [-0.39, 0.29) is 5.91 Å². The lowest BCUT2D eigenvalue weighted by Gasteiger charge is -2.11. The van der Waals surface area contributed by atoms with Crippen molar-refractivity contribution in [3.8, 4) is 0 Å².